The molecule has 0 spiro atoms. The van der Waals surface area contributed by atoms with Crippen molar-refractivity contribution in [1.29, 1.82) is 0 Å². The van der Waals surface area contributed by atoms with E-state index in [2.05, 4.69) is 24.2 Å². The fraction of sp³-hybridized carbons (Fsp3) is 0.929. The van der Waals surface area contributed by atoms with E-state index in [1.54, 1.807) is 0 Å². The Balaban J connectivity index is 2.44. The summed E-state index contributed by atoms with van der Waals surface area (Å²) in [5, 5.41) is 3.50. The summed E-state index contributed by atoms with van der Waals surface area (Å²) in [6, 6.07) is 1.02. The van der Waals surface area contributed by atoms with E-state index in [1.165, 1.54) is 0 Å². The van der Waals surface area contributed by atoms with Crippen molar-refractivity contribution < 1.29 is 4.79 Å². The van der Waals surface area contributed by atoms with Crippen molar-refractivity contribution in [3.8, 4) is 0 Å². The molecule has 0 aromatic heterocycles. The lowest BCUT2D eigenvalue weighted by Gasteiger charge is -2.37. The highest BCUT2D eigenvalue weighted by molar-refractivity contribution is 5.81. The van der Waals surface area contributed by atoms with E-state index < -0.39 is 0 Å². The van der Waals surface area contributed by atoms with E-state index in [4.69, 9.17) is 0 Å². The fourth-order valence-electron chi connectivity index (χ4n) is 2.67. The standard InChI is InChI=1S/C14H29N3O/c1-6-17(7-2)14(18)12(4)15-13-8-9-16(5)11(3)10-13/h11-13,15H,6-10H2,1-5H3. The van der Waals surface area contributed by atoms with Crippen LogP contribution >= 0.6 is 0 Å². The molecule has 18 heavy (non-hydrogen) atoms. The van der Waals surface area contributed by atoms with Crippen LogP contribution in [0.2, 0.25) is 0 Å². The quantitative estimate of drug-likeness (QED) is 0.805. The largest absolute Gasteiger partial charge is 0.342 e. The second kappa shape index (κ2) is 7.10. The number of nitrogens with one attached hydrogen (secondary N) is 1. The third-order valence-corrected chi connectivity index (χ3v) is 4.14. The maximum Gasteiger partial charge on any atom is 0.239 e. The first-order chi connectivity index (χ1) is 8.49. The molecule has 1 saturated heterocycles. The van der Waals surface area contributed by atoms with Crippen molar-refractivity contribution in [1.82, 2.24) is 15.1 Å². The van der Waals surface area contributed by atoms with Crippen LogP contribution in [0.5, 0.6) is 0 Å². The van der Waals surface area contributed by atoms with E-state index in [-0.39, 0.29) is 11.9 Å². The summed E-state index contributed by atoms with van der Waals surface area (Å²) in [6.45, 7) is 11.0. The molecular formula is C14H29N3O. The Morgan fingerprint density at radius 3 is 2.56 bits per heavy atom. The predicted molar refractivity (Wildman–Crippen MR) is 75.6 cm³/mol. The summed E-state index contributed by atoms with van der Waals surface area (Å²) >= 11 is 0. The summed E-state index contributed by atoms with van der Waals surface area (Å²) in [7, 11) is 2.17. The van der Waals surface area contributed by atoms with Gasteiger partial charge in [-0.3, -0.25) is 4.79 Å². The van der Waals surface area contributed by atoms with Gasteiger partial charge in [0.05, 0.1) is 6.04 Å². The number of likely N-dealkylation sites (tertiary alicyclic amines) is 1. The van der Waals surface area contributed by atoms with Crippen LogP contribution in [0.3, 0.4) is 0 Å². The Bertz CT molecular complexity index is 266. The molecule has 0 radical (unpaired) electrons. The Morgan fingerprint density at radius 1 is 1.44 bits per heavy atom. The highest BCUT2D eigenvalue weighted by Crippen LogP contribution is 2.16. The van der Waals surface area contributed by atoms with Crippen molar-refractivity contribution in [3.05, 3.63) is 0 Å². The van der Waals surface area contributed by atoms with Gasteiger partial charge in [0.1, 0.15) is 0 Å². The normalized spacial score (nSPS) is 26.9. The minimum atomic E-state index is -0.0643. The van der Waals surface area contributed by atoms with Crippen LogP contribution in [0.15, 0.2) is 0 Å². The summed E-state index contributed by atoms with van der Waals surface area (Å²) < 4.78 is 0. The molecule has 106 valence electrons. The minimum Gasteiger partial charge on any atom is -0.342 e. The molecule has 3 atom stereocenters. The molecule has 0 aromatic rings. The summed E-state index contributed by atoms with van der Waals surface area (Å²) in [6.07, 6.45) is 2.27. The number of piperidine rings is 1. The predicted octanol–water partition coefficient (Wildman–Crippen LogP) is 1.32. The maximum atomic E-state index is 12.2. The Kier molecular flexibility index (Phi) is 6.09. The van der Waals surface area contributed by atoms with Crippen molar-refractivity contribution >= 4 is 5.91 Å². The van der Waals surface area contributed by atoms with Gasteiger partial charge in [-0.15, -0.1) is 0 Å². The lowest BCUT2D eigenvalue weighted by molar-refractivity contribution is -0.133. The monoisotopic (exact) mass is 255 g/mol. The number of amides is 1. The van der Waals surface area contributed by atoms with Crippen LogP contribution in [0.4, 0.5) is 0 Å². The SMILES string of the molecule is CCN(CC)C(=O)C(C)NC1CCN(C)C(C)C1. The summed E-state index contributed by atoms with van der Waals surface area (Å²) in [5.74, 6) is 0.228. The average molecular weight is 255 g/mol. The molecule has 1 heterocycles. The lowest BCUT2D eigenvalue weighted by atomic mass is 9.98. The van der Waals surface area contributed by atoms with Crippen molar-refractivity contribution in [3.63, 3.8) is 0 Å². The van der Waals surface area contributed by atoms with Gasteiger partial charge in [0.15, 0.2) is 0 Å². The number of carbonyl (C=O) groups is 1. The minimum absolute atomic E-state index is 0.0643. The van der Waals surface area contributed by atoms with Gasteiger partial charge < -0.3 is 15.1 Å². The lowest BCUT2D eigenvalue weighted by Crippen LogP contribution is -2.52. The van der Waals surface area contributed by atoms with E-state index in [0.29, 0.717) is 12.1 Å². The Hall–Kier alpha value is -0.610. The Labute approximate surface area is 112 Å². The zero-order valence-electron chi connectivity index (χ0n) is 12.6. The molecule has 1 aliphatic heterocycles. The van der Waals surface area contributed by atoms with E-state index in [9.17, 15) is 4.79 Å². The van der Waals surface area contributed by atoms with Gasteiger partial charge in [-0.05, 0) is 54.1 Å². The highest BCUT2D eigenvalue weighted by atomic mass is 16.2. The Morgan fingerprint density at radius 2 is 2.06 bits per heavy atom. The van der Waals surface area contributed by atoms with Crippen LogP contribution in [0.1, 0.15) is 40.5 Å². The highest BCUT2D eigenvalue weighted by Gasteiger charge is 2.26. The van der Waals surface area contributed by atoms with Gasteiger partial charge in [0.25, 0.3) is 0 Å². The molecule has 3 unspecified atom stereocenters. The zero-order valence-corrected chi connectivity index (χ0v) is 12.6. The van der Waals surface area contributed by atoms with Gasteiger partial charge in [0.2, 0.25) is 5.91 Å². The van der Waals surface area contributed by atoms with Crippen LogP contribution in [0.25, 0.3) is 0 Å². The number of nitrogens with zero attached hydrogens (tertiary/aromatic N) is 2. The number of hydrogen-bond acceptors (Lipinski definition) is 3. The van der Waals surface area contributed by atoms with Crippen LogP contribution in [-0.4, -0.2) is 60.5 Å². The van der Waals surface area contributed by atoms with Crippen molar-refractivity contribution in [2.45, 2.75) is 58.7 Å². The van der Waals surface area contributed by atoms with Gasteiger partial charge in [-0.1, -0.05) is 0 Å². The maximum absolute atomic E-state index is 12.2. The van der Waals surface area contributed by atoms with Crippen LogP contribution in [-0.2, 0) is 4.79 Å². The third kappa shape index (κ3) is 3.95. The second-order valence-corrected chi connectivity index (χ2v) is 5.45. The van der Waals surface area contributed by atoms with Gasteiger partial charge in [-0.2, -0.15) is 0 Å². The summed E-state index contributed by atoms with van der Waals surface area (Å²) in [5.41, 5.74) is 0. The topological polar surface area (TPSA) is 35.6 Å². The number of rotatable bonds is 5. The van der Waals surface area contributed by atoms with Gasteiger partial charge in [0, 0.05) is 25.2 Å². The van der Waals surface area contributed by atoms with E-state index in [0.717, 1.165) is 32.5 Å². The average Bonchev–Trinajstić information content (AvgIpc) is 2.35. The molecule has 1 aliphatic rings. The first-order valence-corrected chi connectivity index (χ1v) is 7.24. The molecule has 0 bridgehead atoms. The fourth-order valence-corrected chi connectivity index (χ4v) is 2.67. The smallest absolute Gasteiger partial charge is 0.239 e. The molecule has 1 N–H and O–H groups in total. The molecule has 4 nitrogen and oxygen atoms in total. The molecule has 0 aliphatic carbocycles. The van der Waals surface area contributed by atoms with Crippen molar-refractivity contribution in [2.75, 3.05) is 26.7 Å². The van der Waals surface area contributed by atoms with Crippen LogP contribution < -0.4 is 5.32 Å². The first kappa shape index (κ1) is 15.4. The number of likely N-dealkylation sites (N-methyl/N-ethyl adjacent to an activating group) is 1. The van der Waals surface area contributed by atoms with Crippen LogP contribution in [0, 0.1) is 0 Å². The molecular weight excluding hydrogens is 226 g/mol. The van der Waals surface area contributed by atoms with Gasteiger partial charge in [-0.25, -0.2) is 0 Å². The third-order valence-electron chi connectivity index (χ3n) is 4.14. The summed E-state index contributed by atoms with van der Waals surface area (Å²) in [4.78, 5) is 16.5. The van der Waals surface area contributed by atoms with Crippen molar-refractivity contribution in [2.24, 2.45) is 0 Å². The van der Waals surface area contributed by atoms with E-state index in [1.807, 2.05) is 25.7 Å². The van der Waals surface area contributed by atoms with E-state index >= 15 is 0 Å². The number of carbonyl (C=O) groups excluding carboxylic acids is 1. The molecule has 4 heteroatoms. The first-order valence-electron chi connectivity index (χ1n) is 7.24. The molecule has 0 aromatic carbocycles. The number of hydrogen-bond donors (Lipinski definition) is 1. The zero-order chi connectivity index (χ0) is 13.7. The molecule has 0 saturated carbocycles. The molecule has 1 rings (SSSR count). The molecule has 1 amide bonds. The van der Waals surface area contributed by atoms with Gasteiger partial charge >= 0.3 is 0 Å². The molecule has 1 fully saturated rings. The second-order valence-electron chi connectivity index (χ2n) is 5.45.